The van der Waals surface area contributed by atoms with E-state index >= 15 is 0 Å². The fourth-order valence-corrected chi connectivity index (χ4v) is 3.30. The van der Waals surface area contributed by atoms with E-state index in [4.69, 9.17) is 4.74 Å². The van der Waals surface area contributed by atoms with Gasteiger partial charge in [0.2, 0.25) is 5.88 Å². The number of aromatic nitrogens is 1. The molecular weight excluding hydrogens is 368 g/mol. The molecule has 1 saturated heterocycles. The molecule has 152 valence electrons. The average Bonchev–Trinajstić information content (AvgIpc) is 3.57. The maximum atomic E-state index is 12.7. The number of benzene rings is 1. The number of pyridine rings is 1. The predicted octanol–water partition coefficient (Wildman–Crippen LogP) is 3.17. The van der Waals surface area contributed by atoms with Crippen molar-refractivity contribution in [3.05, 3.63) is 53.7 Å². The van der Waals surface area contributed by atoms with Gasteiger partial charge in [0, 0.05) is 44.1 Å². The van der Waals surface area contributed by atoms with Gasteiger partial charge in [0.1, 0.15) is 0 Å². The first kappa shape index (κ1) is 19.2. The highest BCUT2D eigenvalue weighted by atomic mass is 16.5. The van der Waals surface area contributed by atoms with E-state index in [1.165, 1.54) is 12.8 Å². The average molecular weight is 394 g/mol. The molecule has 4 rings (SSSR count). The van der Waals surface area contributed by atoms with Gasteiger partial charge in [-0.15, -0.1) is 0 Å². The van der Waals surface area contributed by atoms with Crippen molar-refractivity contribution in [1.82, 2.24) is 14.8 Å². The summed E-state index contributed by atoms with van der Waals surface area (Å²) in [6.07, 6.45) is 4.03. The van der Waals surface area contributed by atoms with Gasteiger partial charge in [-0.3, -0.25) is 4.79 Å². The van der Waals surface area contributed by atoms with Crippen LogP contribution < -0.4 is 10.1 Å². The standard InChI is InChI=1S/C22H26N4O3/c1-16-3-2-4-19(13-16)24-22(28)26-11-9-25(10-12-26)21(27)18-7-8-20(23-14-18)29-15-17-5-6-17/h2-4,7-8,13-14,17H,5-6,9-12,15H2,1H3,(H,24,28). The summed E-state index contributed by atoms with van der Waals surface area (Å²) in [6, 6.07) is 11.1. The summed E-state index contributed by atoms with van der Waals surface area (Å²) in [5, 5.41) is 2.92. The fourth-order valence-electron chi connectivity index (χ4n) is 3.30. The minimum Gasteiger partial charge on any atom is -0.477 e. The number of amides is 3. The molecule has 1 N–H and O–H groups in total. The third kappa shape index (κ3) is 5.04. The second-order valence-electron chi connectivity index (χ2n) is 7.72. The van der Waals surface area contributed by atoms with Gasteiger partial charge in [-0.05, 0) is 49.4 Å². The van der Waals surface area contributed by atoms with Crippen LogP contribution in [-0.4, -0.2) is 59.5 Å². The van der Waals surface area contributed by atoms with Gasteiger partial charge in [0.25, 0.3) is 5.91 Å². The maximum Gasteiger partial charge on any atom is 0.321 e. The molecule has 1 aromatic heterocycles. The van der Waals surface area contributed by atoms with Crippen molar-refractivity contribution in [2.75, 3.05) is 38.1 Å². The Hall–Kier alpha value is -3.09. The Labute approximate surface area is 170 Å². The smallest absolute Gasteiger partial charge is 0.321 e. The summed E-state index contributed by atoms with van der Waals surface area (Å²) >= 11 is 0. The normalized spacial score (nSPS) is 16.4. The zero-order valence-corrected chi connectivity index (χ0v) is 16.6. The Balaban J connectivity index is 1.27. The van der Waals surface area contributed by atoms with Crippen molar-refractivity contribution in [3.8, 4) is 5.88 Å². The quantitative estimate of drug-likeness (QED) is 0.845. The lowest BCUT2D eigenvalue weighted by Crippen LogP contribution is -2.51. The van der Waals surface area contributed by atoms with Crippen molar-refractivity contribution < 1.29 is 14.3 Å². The lowest BCUT2D eigenvalue weighted by molar-refractivity contribution is 0.0671. The number of carbonyl (C=O) groups excluding carboxylic acids is 2. The van der Waals surface area contributed by atoms with E-state index in [0.717, 1.165) is 11.3 Å². The number of hydrogen-bond acceptors (Lipinski definition) is 4. The Morgan fingerprint density at radius 1 is 1.10 bits per heavy atom. The first-order chi connectivity index (χ1) is 14.1. The molecule has 0 atom stereocenters. The molecule has 7 nitrogen and oxygen atoms in total. The van der Waals surface area contributed by atoms with E-state index in [0.29, 0.717) is 50.1 Å². The van der Waals surface area contributed by atoms with E-state index < -0.39 is 0 Å². The van der Waals surface area contributed by atoms with Crippen LogP contribution in [0.4, 0.5) is 10.5 Å². The third-order valence-electron chi connectivity index (χ3n) is 5.27. The Bertz CT molecular complexity index is 872. The van der Waals surface area contributed by atoms with E-state index in [-0.39, 0.29) is 11.9 Å². The third-order valence-corrected chi connectivity index (χ3v) is 5.27. The lowest BCUT2D eigenvalue weighted by Gasteiger charge is -2.34. The summed E-state index contributed by atoms with van der Waals surface area (Å²) < 4.78 is 5.62. The van der Waals surface area contributed by atoms with Gasteiger partial charge in [-0.25, -0.2) is 9.78 Å². The fraction of sp³-hybridized carbons (Fsp3) is 0.409. The molecule has 1 aliphatic heterocycles. The predicted molar refractivity (Wildman–Crippen MR) is 110 cm³/mol. The highest BCUT2D eigenvalue weighted by molar-refractivity contribution is 5.94. The first-order valence-electron chi connectivity index (χ1n) is 10.1. The summed E-state index contributed by atoms with van der Waals surface area (Å²) in [7, 11) is 0. The summed E-state index contributed by atoms with van der Waals surface area (Å²) in [4.78, 5) is 32.9. The molecule has 1 aliphatic carbocycles. The number of carbonyl (C=O) groups is 2. The van der Waals surface area contributed by atoms with E-state index in [2.05, 4.69) is 10.3 Å². The topological polar surface area (TPSA) is 74.8 Å². The van der Waals surface area contributed by atoms with Crippen LogP contribution in [0.1, 0.15) is 28.8 Å². The number of nitrogens with one attached hydrogen (secondary N) is 1. The number of hydrogen-bond donors (Lipinski definition) is 1. The largest absolute Gasteiger partial charge is 0.477 e. The molecule has 1 saturated carbocycles. The SMILES string of the molecule is Cc1cccc(NC(=O)N2CCN(C(=O)c3ccc(OCC4CC4)nc3)CC2)c1. The van der Waals surface area contributed by atoms with Gasteiger partial charge in [0.05, 0.1) is 12.2 Å². The number of piperazine rings is 1. The zero-order valence-electron chi connectivity index (χ0n) is 16.6. The zero-order chi connectivity index (χ0) is 20.2. The van der Waals surface area contributed by atoms with Crippen LogP contribution in [0.3, 0.4) is 0 Å². The van der Waals surface area contributed by atoms with Crippen molar-refractivity contribution in [3.63, 3.8) is 0 Å². The van der Waals surface area contributed by atoms with Crippen molar-refractivity contribution in [2.24, 2.45) is 5.92 Å². The minimum absolute atomic E-state index is 0.0648. The molecule has 7 heteroatoms. The molecular formula is C22H26N4O3. The van der Waals surface area contributed by atoms with Crippen LogP contribution in [0, 0.1) is 12.8 Å². The second kappa shape index (κ2) is 8.51. The molecule has 2 aromatic rings. The van der Waals surface area contributed by atoms with Crippen LogP contribution >= 0.6 is 0 Å². The molecule has 0 radical (unpaired) electrons. The number of anilines is 1. The van der Waals surface area contributed by atoms with Crippen molar-refractivity contribution >= 4 is 17.6 Å². The molecule has 2 aliphatic rings. The molecule has 0 unspecified atom stereocenters. The second-order valence-corrected chi connectivity index (χ2v) is 7.72. The number of rotatable bonds is 5. The van der Waals surface area contributed by atoms with Crippen LogP contribution in [-0.2, 0) is 0 Å². The van der Waals surface area contributed by atoms with Gasteiger partial charge in [-0.1, -0.05) is 12.1 Å². The number of aryl methyl sites for hydroxylation is 1. The van der Waals surface area contributed by atoms with Crippen LogP contribution in [0.5, 0.6) is 5.88 Å². The van der Waals surface area contributed by atoms with Crippen LogP contribution in [0.2, 0.25) is 0 Å². The monoisotopic (exact) mass is 394 g/mol. The molecule has 29 heavy (non-hydrogen) atoms. The van der Waals surface area contributed by atoms with Crippen molar-refractivity contribution in [2.45, 2.75) is 19.8 Å². The number of urea groups is 1. The Morgan fingerprint density at radius 3 is 2.52 bits per heavy atom. The van der Waals surface area contributed by atoms with Crippen LogP contribution in [0.25, 0.3) is 0 Å². The maximum absolute atomic E-state index is 12.7. The Morgan fingerprint density at radius 2 is 1.86 bits per heavy atom. The van der Waals surface area contributed by atoms with Gasteiger partial charge in [0.15, 0.2) is 0 Å². The number of ether oxygens (including phenoxy) is 1. The van der Waals surface area contributed by atoms with E-state index in [1.807, 2.05) is 31.2 Å². The molecule has 3 amide bonds. The molecule has 2 heterocycles. The van der Waals surface area contributed by atoms with Gasteiger partial charge >= 0.3 is 6.03 Å². The Kier molecular flexibility index (Phi) is 5.64. The molecule has 0 bridgehead atoms. The molecule has 0 spiro atoms. The first-order valence-corrected chi connectivity index (χ1v) is 10.1. The van der Waals surface area contributed by atoms with Gasteiger partial charge < -0.3 is 19.9 Å². The highest BCUT2D eigenvalue weighted by Crippen LogP contribution is 2.29. The molecule has 1 aromatic carbocycles. The summed E-state index contributed by atoms with van der Waals surface area (Å²) in [5.74, 6) is 1.16. The molecule has 2 fully saturated rings. The van der Waals surface area contributed by atoms with Gasteiger partial charge in [-0.2, -0.15) is 0 Å². The minimum atomic E-state index is -0.137. The van der Waals surface area contributed by atoms with Crippen molar-refractivity contribution in [1.29, 1.82) is 0 Å². The lowest BCUT2D eigenvalue weighted by atomic mass is 10.2. The van der Waals surface area contributed by atoms with E-state index in [9.17, 15) is 9.59 Å². The number of nitrogens with zero attached hydrogens (tertiary/aromatic N) is 3. The van der Waals surface area contributed by atoms with Crippen LogP contribution in [0.15, 0.2) is 42.6 Å². The van der Waals surface area contributed by atoms with E-state index in [1.54, 1.807) is 28.1 Å². The summed E-state index contributed by atoms with van der Waals surface area (Å²) in [5.41, 5.74) is 2.42. The highest BCUT2D eigenvalue weighted by Gasteiger charge is 2.25. The summed E-state index contributed by atoms with van der Waals surface area (Å²) in [6.45, 7) is 4.69.